The van der Waals surface area contributed by atoms with Gasteiger partial charge in [-0.1, -0.05) is 6.42 Å². The van der Waals surface area contributed by atoms with Gasteiger partial charge in [-0.2, -0.15) is 0 Å². The molecule has 0 aromatic heterocycles. The molecule has 2 N–H and O–H groups in total. The van der Waals surface area contributed by atoms with Gasteiger partial charge < -0.3 is 15.3 Å². The van der Waals surface area contributed by atoms with Gasteiger partial charge in [-0.25, -0.2) is 4.79 Å². The smallest absolute Gasteiger partial charge is 0.317 e. The summed E-state index contributed by atoms with van der Waals surface area (Å²) in [5.41, 5.74) is 0. The van der Waals surface area contributed by atoms with Crippen LogP contribution in [-0.2, 0) is 4.79 Å². The second-order valence-corrected chi connectivity index (χ2v) is 6.31. The molecule has 3 aliphatic rings. The van der Waals surface area contributed by atoms with Gasteiger partial charge >= 0.3 is 12.0 Å². The summed E-state index contributed by atoms with van der Waals surface area (Å²) in [6.45, 7) is 1.41. The molecule has 5 nitrogen and oxygen atoms in total. The van der Waals surface area contributed by atoms with Crippen molar-refractivity contribution in [2.75, 3.05) is 13.1 Å². The van der Waals surface area contributed by atoms with Gasteiger partial charge in [0.15, 0.2) is 0 Å². The van der Waals surface area contributed by atoms with Crippen LogP contribution in [0.25, 0.3) is 0 Å². The van der Waals surface area contributed by atoms with E-state index in [1.165, 1.54) is 6.42 Å². The molecule has 2 aliphatic carbocycles. The van der Waals surface area contributed by atoms with Crippen LogP contribution in [0.15, 0.2) is 0 Å². The second kappa shape index (κ2) is 5.02. The third-order valence-corrected chi connectivity index (χ3v) is 5.16. The molecule has 0 spiro atoms. The summed E-state index contributed by atoms with van der Waals surface area (Å²) in [6, 6.07) is 0.451. The number of fused-ring (bicyclic) bond motifs is 2. The SMILES string of the molecule is O=C(O)C1CCCC1CNC(=O)N1CC2CCC1C2. The van der Waals surface area contributed by atoms with E-state index in [-0.39, 0.29) is 17.9 Å². The van der Waals surface area contributed by atoms with Crippen LogP contribution in [-0.4, -0.2) is 41.1 Å². The van der Waals surface area contributed by atoms with Crippen molar-refractivity contribution in [1.82, 2.24) is 10.2 Å². The quantitative estimate of drug-likeness (QED) is 0.816. The topological polar surface area (TPSA) is 69.6 Å². The van der Waals surface area contributed by atoms with Crippen molar-refractivity contribution in [3.63, 3.8) is 0 Å². The van der Waals surface area contributed by atoms with Crippen LogP contribution in [0.5, 0.6) is 0 Å². The fourth-order valence-electron chi connectivity index (χ4n) is 4.10. The van der Waals surface area contributed by atoms with E-state index in [1.54, 1.807) is 0 Å². The lowest BCUT2D eigenvalue weighted by molar-refractivity contribution is -0.142. The maximum absolute atomic E-state index is 12.1. The highest BCUT2D eigenvalue weighted by molar-refractivity contribution is 5.75. The molecule has 1 saturated heterocycles. The predicted octanol–water partition coefficient (Wildman–Crippen LogP) is 1.68. The minimum atomic E-state index is -0.711. The van der Waals surface area contributed by atoms with Gasteiger partial charge in [0.05, 0.1) is 5.92 Å². The second-order valence-electron chi connectivity index (χ2n) is 6.31. The first-order valence-electron chi connectivity index (χ1n) is 7.42. The summed E-state index contributed by atoms with van der Waals surface area (Å²) in [6.07, 6.45) is 6.20. The molecule has 2 amide bonds. The van der Waals surface area contributed by atoms with Crippen LogP contribution >= 0.6 is 0 Å². The molecule has 5 heteroatoms. The van der Waals surface area contributed by atoms with Crippen molar-refractivity contribution in [2.24, 2.45) is 17.8 Å². The Kier molecular flexibility index (Phi) is 3.37. The van der Waals surface area contributed by atoms with Gasteiger partial charge in [-0.05, 0) is 43.9 Å². The molecule has 1 heterocycles. The highest BCUT2D eigenvalue weighted by Crippen LogP contribution is 2.37. The van der Waals surface area contributed by atoms with E-state index in [2.05, 4.69) is 5.32 Å². The molecule has 0 aromatic rings. The fourth-order valence-corrected chi connectivity index (χ4v) is 4.10. The van der Waals surface area contributed by atoms with Crippen LogP contribution < -0.4 is 5.32 Å². The average Bonchev–Trinajstić information content (AvgIpc) is 3.10. The number of rotatable bonds is 3. The molecular formula is C14H22N2O3. The largest absolute Gasteiger partial charge is 0.481 e. The standard InChI is InChI=1S/C14H22N2O3/c17-13(18)12-3-1-2-10(12)7-15-14(19)16-8-9-4-5-11(16)6-9/h9-12H,1-8H2,(H,15,19)(H,17,18). The van der Waals surface area contributed by atoms with Crippen LogP contribution in [0.2, 0.25) is 0 Å². The lowest BCUT2D eigenvalue weighted by Crippen LogP contribution is -2.46. The maximum atomic E-state index is 12.1. The van der Waals surface area contributed by atoms with Gasteiger partial charge in [-0.15, -0.1) is 0 Å². The maximum Gasteiger partial charge on any atom is 0.317 e. The predicted molar refractivity (Wildman–Crippen MR) is 69.7 cm³/mol. The van der Waals surface area contributed by atoms with E-state index in [1.807, 2.05) is 4.90 Å². The lowest BCUT2D eigenvalue weighted by atomic mass is 9.96. The van der Waals surface area contributed by atoms with E-state index in [4.69, 9.17) is 5.11 Å². The fraction of sp³-hybridized carbons (Fsp3) is 0.857. The van der Waals surface area contributed by atoms with Gasteiger partial charge in [0.25, 0.3) is 0 Å². The van der Waals surface area contributed by atoms with Crippen LogP contribution in [0.3, 0.4) is 0 Å². The van der Waals surface area contributed by atoms with Crippen LogP contribution in [0, 0.1) is 17.8 Å². The first-order chi connectivity index (χ1) is 9.15. The number of carboxylic acids is 1. The molecule has 106 valence electrons. The van der Waals surface area contributed by atoms with E-state index >= 15 is 0 Å². The number of carbonyl (C=O) groups is 2. The highest BCUT2D eigenvalue weighted by Gasteiger charge is 2.40. The number of piperidine rings is 1. The first-order valence-corrected chi connectivity index (χ1v) is 7.42. The third-order valence-electron chi connectivity index (χ3n) is 5.16. The molecule has 4 atom stereocenters. The number of carbonyl (C=O) groups excluding carboxylic acids is 1. The molecule has 3 fully saturated rings. The zero-order valence-electron chi connectivity index (χ0n) is 11.2. The average molecular weight is 266 g/mol. The third kappa shape index (κ3) is 2.42. The number of carboxylic acid groups (broad SMARTS) is 1. The van der Waals surface area contributed by atoms with Crippen molar-refractivity contribution >= 4 is 12.0 Å². The zero-order valence-corrected chi connectivity index (χ0v) is 11.2. The summed E-state index contributed by atoms with van der Waals surface area (Å²) in [4.78, 5) is 25.2. The molecule has 4 unspecified atom stereocenters. The number of nitrogens with zero attached hydrogens (tertiary/aromatic N) is 1. The minimum absolute atomic E-state index is 0.0169. The van der Waals surface area contributed by atoms with Crippen molar-refractivity contribution in [1.29, 1.82) is 0 Å². The Labute approximate surface area is 113 Å². The van der Waals surface area contributed by atoms with E-state index in [0.717, 1.165) is 38.6 Å². The Morgan fingerprint density at radius 2 is 2.05 bits per heavy atom. The van der Waals surface area contributed by atoms with Crippen LogP contribution in [0.4, 0.5) is 4.79 Å². The Hall–Kier alpha value is -1.26. The summed E-state index contributed by atoms with van der Waals surface area (Å²) >= 11 is 0. The lowest BCUT2D eigenvalue weighted by Gasteiger charge is -2.28. The normalized spacial score (nSPS) is 36.7. The number of hydrogen-bond acceptors (Lipinski definition) is 2. The molecule has 0 radical (unpaired) electrons. The first kappa shape index (κ1) is 12.8. The van der Waals surface area contributed by atoms with E-state index < -0.39 is 5.97 Å². The van der Waals surface area contributed by atoms with Gasteiger partial charge in [0, 0.05) is 19.1 Å². The van der Waals surface area contributed by atoms with Crippen molar-refractivity contribution in [2.45, 2.75) is 44.6 Å². The molecule has 2 saturated carbocycles. The molecule has 3 rings (SSSR count). The van der Waals surface area contributed by atoms with Crippen molar-refractivity contribution < 1.29 is 14.7 Å². The summed E-state index contributed by atoms with van der Waals surface area (Å²) in [7, 11) is 0. The minimum Gasteiger partial charge on any atom is -0.481 e. The molecule has 2 bridgehead atoms. The zero-order chi connectivity index (χ0) is 13.4. The highest BCUT2D eigenvalue weighted by atomic mass is 16.4. The molecule has 19 heavy (non-hydrogen) atoms. The van der Waals surface area contributed by atoms with Crippen molar-refractivity contribution in [3.05, 3.63) is 0 Å². The Morgan fingerprint density at radius 1 is 1.21 bits per heavy atom. The Balaban J connectivity index is 1.49. The van der Waals surface area contributed by atoms with Crippen LogP contribution in [0.1, 0.15) is 38.5 Å². The summed E-state index contributed by atoms with van der Waals surface area (Å²) < 4.78 is 0. The Morgan fingerprint density at radius 3 is 2.68 bits per heavy atom. The number of hydrogen-bond donors (Lipinski definition) is 2. The molecule has 1 aliphatic heterocycles. The number of amides is 2. The van der Waals surface area contributed by atoms with Gasteiger partial charge in [0.1, 0.15) is 0 Å². The van der Waals surface area contributed by atoms with E-state index in [9.17, 15) is 9.59 Å². The monoisotopic (exact) mass is 266 g/mol. The Bertz CT molecular complexity index is 385. The van der Waals surface area contributed by atoms with E-state index in [0.29, 0.717) is 18.5 Å². The number of urea groups is 1. The number of aliphatic carboxylic acids is 1. The molecular weight excluding hydrogens is 244 g/mol. The number of likely N-dealkylation sites (tertiary alicyclic amines) is 1. The summed E-state index contributed by atoms with van der Waals surface area (Å²) in [5, 5.41) is 12.1. The van der Waals surface area contributed by atoms with Gasteiger partial charge in [0.2, 0.25) is 0 Å². The number of nitrogens with one attached hydrogen (secondary N) is 1. The summed E-state index contributed by atoms with van der Waals surface area (Å²) in [5.74, 6) is -0.164. The molecule has 0 aromatic carbocycles. The van der Waals surface area contributed by atoms with Gasteiger partial charge in [-0.3, -0.25) is 4.79 Å². The van der Waals surface area contributed by atoms with Crippen molar-refractivity contribution in [3.8, 4) is 0 Å².